The van der Waals surface area contributed by atoms with Crippen LogP contribution in [-0.4, -0.2) is 23.1 Å². The Bertz CT molecular complexity index is 273. The van der Waals surface area contributed by atoms with Crippen molar-refractivity contribution in [1.82, 2.24) is 15.3 Å². The van der Waals surface area contributed by atoms with E-state index in [1.165, 1.54) is 18.5 Å². The summed E-state index contributed by atoms with van der Waals surface area (Å²) < 4.78 is 0. The second-order valence-electron chi connectivity index (χ2n) is 4.18. The number of nitrogens with one attached hydrogen (secondary N) is 1. The Hall–Kier alpha value is -0.960. The van der Waals surface area contributed by atoms with Crippen molar-refractivity contribution in [2.45, 2.75) is 19.8 Å². The average Bonchev–Trinajstić information content (AvgIpc) is 2.23. The maximum atomic E-state index is 4.04. The largest absolute Gasteiger partial charge is 0.316 e. The molecule has 1 fully saturated rings. The van der Waals surface area contributed by atoms with E-state index in [0.29, 0.717) is 0 Å². The van der Waals surface area contributed by atoms with Gasteiger partial charge in [-0.05, 0) is 43.3 Å². The van der Waals surface area contributed by atoms with E-state index in [1.807, 2.05) is 12.4 Å². The molecule has 1 aliphatic heterocycles. The lowest BCUT2D eigenvalue weighted by Crippen LogP contribution is -2.36. The summed E-state index contributed by atoms with van der Waals surface area (Å²) in [5.41, 5.74) is 1.26. The Morgan fingerprint density at radius 2 is 2.21 bits per heavy atom. The molecular formula is C11H17N3. The normalized spacial score (nSPS) is 27.5. The van der Waals surface area contributed by atoms with Crippen LogP contribution in [0.4, 0.5) is 0 Å². The highest BCUT2D eigenvalue weighted by molar-refractivity contribution is 5.04. The zero-order valence-corrected chi connectivity index (χ0v) is 8.61. The van der Waals surface area contributed by atoms with Crippen LogP contribution in [0.2, 0.25) is 0 Å². The summed E-state index contributed by atoms with van der Waals surface area (Å²) >= 11 is 0. The smallest absolute Gasteiger partial charge is 0.115 e. The molecule has 1 aliphatic rings. The lowest BCUT2D eigenvalue weighted by Gasteiger charge is -2.29. The molecule has 0 amide bonds. The van der Waals surface area contributed by atoms with Crippen molar-refractivity contribution in [3.63, 3.8) is 0 Å². The molecule has 0 saturated carbocycles. The molecule has 2 heterocycles. The number of nitrogens with zero attached hydrogens (tertiary/aromatic N) is 2. The van der Waals surface area contributed by atoms with Gasteiger partial charge < -0.3 is 5.32 Å². The average molecular weight is 191 g/mol. The molecule has 0 aliphatic carbocycles. The van der Waals surface area contributed by atoms with Gasteiger partial charge in [-0.1, -0.05) is 6.92 Å². The summed E-state index contributed by atoms with van der Waals surface area (Å²) in [6.45, 7) is 4.65. The number of hydrogen-bond acceptors (Lipinski definition) is 3. The predicted molar refractivity (Wildman–Crippen MR) is 55.9 cm³/mol. The van der Waals surface area contributed by atoms with Crippen molar-refractivity contribution in [2.24, 2.45) is 11.8 Å². The molecule has 1 aromatic heterocycles. The molecule has 76 valence electrons. The zero-order valence-electron chi connectivity index (χ0n) is 8.61. The van der Waals surface area contributed by atoms with E-state index in [2.05, 4.69) is 22.2 Å². The summed E-state index contributed by atoms with van der Waals surface area (Å²) in [7, 11) is 0. The van der Waals surface area contributed by atoms with Gasteiger partial charge in [0.25, 0.3) is 0 Å². The number of piperidine rings is 1. The van der Waals surface area contributed by atoms with Gasteiger partial charge in [0, 0.05) is 12.4 Å². The van der Waals surface area contributed by atoms with E-state index in [-0.39, 0.29) is 0 Å². The second kappa shape index (κ2) is 4.51. The molecule has 0 aromatic carbocycles. The van der Waals surface area contributed by atoms with Gasteiger partial charge in [-0.25, -0.2) is 9.97 Å². The molecule has 2 rings (SSSR count). The highest BCUT2D eigenvalue weighted by Crippen LogP contribution is 2.21. The molecule has 14 heavy (non-hydrogen) atoms. The SMILES string of the molecule is CC1CCNCC1Cc1cncnc1. The minimum absolute atomic E-state index is 0.745. The molecular weight excluding hydrogens is 174 g/mol. The maximum absolute atomic E-state index is 4.04. The molecule has 0 spiro atoms. The van der Waals surface area contributed by atoms with Gasteiger partial charge in [-0.2, -0.15) is 0 Å². The van der Waals surface area contributed by atoms with Crippen molar-refractivity contribution in [2.75, 3.05) is 13.1 Å². The van der Waals surface area contributed by atoms with Gasteiger partial charge in [0.1, 0.15) is 6.33 Å². The Labute approximate surface area is 85.0 Å². The lowest BCUT2D eigenvalue weighted by molar-refractivity contribution is 0.272. The summed E-state index contributed by atoms with van der Waals surface area (Å²) in [4.78, 5) is 8.09. The van der Waals surface area contributed by atoms with Gasteiger partial charge in [0.15, 0.2) is 0 Å². The third-order valence-electron chi connectivity index (χ3n) is 3.10. The topological polar surface area (TPSA) is 37.8 Å². The second-order valence-corrected chi connectivity index (χ2v) is 4.18. The van der Waals surface area contributed by atoms with Gasteiger partial charge >= 0.3 is 0 Å². The van der Waals surface area contributed by atoms with Gasteiger partial charge in [-0.3, -0.25) is 0 Å². The van der Waals surface area contributed by atoms with E-state index in [1.54, 1.807) is 6.33 Å². The fraction of sp³-hybridized carbons (Fsp3) is 0.636. The third-order valence-corrected chi connectivity index (χ3v) is 3.10. The Morgan fingerprint density at radius 3 is 2.93 bits per heavy atom. The summed E-state index contributed by atoms with van der Waals surface area (Å²) in [6, 6.07) is 0. The molecule has 2 atom stereocenters. The van der Waals surface area contributed by atoms with E-state index >= 15 is 0 Å². The standard InChI is InChI=1S/C11H17N3/c1-9-2-3-12-7-11(9)4-10-5-13-8-14-6-10/h5-6,8-9,11-12H,2-4,7H2,1H3. The zero-order chi connectivity index (χ0) is 9.80. The molecule has 1 saturated heterocycles. The van der Waals surface area contributed by atoms with Crippen LogP contribution in [-0.2, 0) is 6.42 Å². The van der Waals surface area contributed by atoms with Crippen molar-refractivity contribution >= 4 is 0 Å². The minimum Gasteiger partial charge on any atom is -0.316 e. The van der Waals surface area contributed by atoms with Crippen molar-refractivity contribution < 1.29 is 0 Å². The van der Waals surface area contributed by atoms with Crippen LogP contribution in [0.25, 0.3) is 0 Å². The summed E-state index contributed by atoms with van der Waals surface area (Å²) in [5.74, 6) is 1.56. The minimum atomic E-state index is 0.745. The van der Waals surface area contributed by atoms with E-state index in [0.717, 1.165) is 24.8 Å². The highest BCUT2D eigenvalue weighted by Gasteiger charge is 2.20. The fourth-order valence-corrected chi connectivity index (χ4v) is 2.07. The number of aromatic nitrogens is 2. The molecule has 0 bridgehead atoms. The first kappa shape index (κ1) is 9.59. The molecule has 1 aromatic rings. The van der Waals surface area contributed by atoms with Crippen molar-refractivity contribution in [3.8, 4) is 0 Å². The first-order valence-electron chi connectivity index (χ1n) is 5.31. The summed E-state index contributed by atoms with van der Waals surface area (Å²) in [6.07, 6.45) is 7.84. The number of rotatable bonds is 2. The van der Waals surface area contributed by atoms with Crippen LogP contribution >= 0.6 is 0 Å². The van der Waals surface area contributed by atoms with Crippen molar-refractivity contribution in [1.29, 1.82) is 0 Å². The van der Waals surface area contributed by atoms with Gasteiger partial charge in [0.05, 0.1) is 0 Å². The Kier molecular flexibility index (Phi) is 3.09. The Morgan fingerprint density at radius 1 is 1.43 bits per heavy atom. The van der Waals surface area contributed by atoms with Crippen LogP contribution in [0, 0.1) is 11.8 Å². The molecule has 3 nitrogen and oxygen atoms in total. The number of hydrogen-bond donors (Lipinski definition) is 1. The van der Waals surface area contributed by atoms with E-state index < -0.39 is 0 Å². The quantitative estimate of drug-likeness (QED) is 0.765. The van der Waals surface area contributed by atoms with Crippen molar-refractivity contribution in [3.05, 3.63) is 24.3 Å². The van der Waals surface area contributed by atoms with E-state index in [4.69, 9.17) is 0 Å². The maximum Gasteiger partial charge on any atom is 0.115 e. The Balaban J connectivity index is 1.96. The first-order chi connectivity index (χ1) is 6.86. The van der Waals surface area contributed by atoms with Crippen LogP contribution in [0.5, 0.6) is 0 Å². The van der Waals surface area contributed by atoms with Gasteiger partial charge in [0.2, 0.25) is 0 Å². The highest BCUT2D eigenvalue weighted by atomic mass is 14.9. The monoisotopic (exact) mass is 191 g/mol. The summed E-state index contributed by atoms with van der Waals surface area (Å²) in [5, 5.41) is 3.44. The van der Waals surface area contributed by atoms with Crippen LogP contribution < -0.4 is 5.32 Å². The fourth-order valence-electron chi connectivity index (χ4n) is 2.07. The molecule has 3 heteroatoms. The molecule has 1 N–H and O–H groups in total. The molecule has 0 radical (unpaired) electrons. The van der Waals surface area contributed by atoms with Gasteiger partial charge in [-0.15, -0.1) is 0 Å². The third kappa shape index (κ3) is 2.29. The first-order valence-corrected chi connectivity index (χ1v) is 5.31. The van der Waals surface area contributed by atoms with Crippen LogP contribution in [0.3, 0.4) is 0 Å². The predicted octanol–water partition coefficient (Wildman–Crippen LogP) is 1.26. The van der Waals surface area contributed by atoms with E-state index in [9.17, 15) is 0 Å². The lowest BCUT2D eigenvalue weighted by atomic mass is 9.84. The molecule has 2 unspecified atom stereocenters. The van der Waals surface area contributed by atoms with Crippen LogP contribution in [0.15, 0.2) is 18.7 Å². The van der Waals surface area contributed by atoms with Crippen LogP contribution in [0.1, 0.15) is 18.9 Å².